The molecule has 1 aromatic carbocycles. The zero-order valence-corrected chi connectivity index (χ0v) is 15.1. The number of carbonyl (C=O) groups is 2. The fraction of sp³-hybridized carbons (Fsp3) is 0.167. The molecule has 11 heteroatoms. The number of esters is 1. The summed E-state index contributed by atoms with van der Waals surface area (Å²) in [6, 6.07) is 6.35. The lowest BCUT2D eigenvalue weighted by molar-refractivity contribution is -0.799. The SMILES string of the molecule is COC(=O)C1=C(c2cccnc2)[N+](Cc2ccc(C(F)(F)F)cc2)(C(N)=O)N=N1. The maximum atomic E-state index is 12.8. The number of hydrogen-bond donors (Lipinski definition) is 1. The molecule has 2 heterocycles. The van der Waals surface area contributed by atoms with Crippen LogP contribution in [0.2, 0.25) is 0 Å². The fourth-order valence-corrected chi connectivity index (χ4v) is 2.88. The predicted octanol–water partition coefficient (Wildman–Crippen LogP) is 3.42. The number of amides is 2. The predicted molar refractivity (Wildman–Crippen MR) is 93.0 cm³/mol. The summed E-state index contributed by atoms with van der Waals surface area (Å²) in [6.07, 6.45) is -1.63. The van der Waals surface area contributed by atoms with Gasteiger partial charge in [0, 0.05) is 23.2 Å². The molecule has 0 bridgehead atoms. The molecule has 1 aliphatic rings. The van der Waals surface area contributed by atoms with Crippen molar-refractivity contribution in [2.75, 3.05) is 7.11 Å². The van der Waals surface area contributed by atoms with Crippen LogP contribution in [0, 0.1) is 0 Å². The Hall–Kier alpha value is -3.60. The lowest BCUT2D eigenvalue weighted by atomic mass is 10.1. The maximum Gasteiger partial charge on any atom is 0.447 e. The number of carbonyl (C=O) groups excluding carboxylic acids is 2. The molecule has 0 aliphatic carbocycles. The van der Waals surface area contributed by atoms with Gasteiger partial charge in [0.2, 0.25) is 11.4 Å². The van der Waals surface area contributed by atoms with Gasteiger partial charge in [-0.2, -0.15) is 13.2 Å². The quantitative estimate of drug-likeness (QED) is 0.620. The number of nitrogens with two attached hydrogens (primary N) is 1. The highest BCUT2D eigenvalue weighted by molar-refractivity contribution is 5.97. The summed E-state index contributed by atoms with van der Waals surface area (Å²) < 4.78 is 42.2. The van der Waals surface area contributed by atoms with Crippen LogP contribution in [0.25, 0.3) is 5.70 Å². The normalized spacial score (nSPS) is 18.8. The van der Waals surface area contributed by atoms with Gasteiger partial charge in [-0.3, -0.25) is 4.98 Å². The van der Waals surface area contributed by atoms with Crippen LogP contribution in [-0.4, -0.2) is 28.7 Å². The van der Waals surface area contributed by atoms with Gasteiger partial charge in [-0.05, 0) is 24.3 Å². The highest BCUT2D eigenvalue weighted by Crippen LogP contribution is 2.40. The third kappa shape index (κ3) is 3.72. The van der Waals surface area contributed by atoms with E-state index in [9.17, 15) is 22.8 Å². The highest BCUT2D eigenvalue weighted by atomic mass is 19.4. The topological polar surface area (TPSA) is 107 Å². The Kier molecular flexibility index (Phi) is 5.16. The lowest BCUT2D eigenvalue weighted by Gasteiger charge is -2.24. The van der Waals surface area contributed by atoms with Crippen molar-refractivity contribution in [3.63, 3.8) is 0 Å². The number of halogens is 3. The minimum Gasteiger partial charge on any atom is -0.464 e. The molecule has 0 spiro atoms. The summed E-state index contributed by atoms with van der Waals surface area (Å²) in [4.78, 5) is 28.6. The third-order valence-electron chi connectivity index (χ3n) is 4.26. The summed E-state index contributed by atoms with van der Waals surface area (Å²) in [5, 5.41) is 7.69. The molecule has 1 aromatic heterocycles. The van der Waals surface area contributed by atoms with E-state index in [1.165, 1.54) is 24.5 Å². The van der Waals surface area contributed by atoms with Crippen molar-refractivity contribution in [2.24, 2.45) is 16.1 Å². The minimum absolute atomic E-state index is 0.0253. The molecule has 0 saturated carbocycles. The van der Waals surface area contributed by atoms with Crippen molar-refractivity contribution in [1.82, 2.24) is 4.98 Å². The Morgan fingerprint density at radius 1 is 1.17 bits per heavy atom. The summed E-state index contributed by atoms with van der Waals surface area (Å²) in [6.45, 7) is -0.262. The second kappa shape index (κ2) is 7.43. The van der Waals surface area contributed by atoms with Gasteiger partial charge in [-0.25, -0.2) is 9.59 Å². The first kappa shape index (κ1) is 20.1. The van der Waals surface area contributed by atoms with Gasteiger partial charge in [0.25, 0.3) is 0 Å². The number of benzene rings is 1. The average molecular weight is 406 g/mol. The van der Waals surface area contributed by atoms with Crippen molar-refractivity contribution in [3.05, 3.63) is 71.2 Å². The molecule has 0 saturated heterocycles. The smallest absolute Gasteiger partial charge is 0.447 e. The molecule has 2 N–H and O–H groups in total. The van der Waals surface area contributed by atoms with Crippen LogP contribution in [0.4, 0.5) is 18.0 Å². The molecule has 2 amide bonds. The second-order valence-corrected chi connectivity index (χ2v) is 6.08. The van der Waals surface area contributed by atoms with Crippen LogP contribution < -0.4 is 5.73 Å². The first-order valence-corrected chi connectivity index (χ1v) is 8.20. The molecule has 1 atom stereocenters. The summed E-state index contributed by atoms with van der Waals surface area (Å²) in [7, 11) is 1.14. The molecule has 3 rings (SSSR count). The Morgan fingerprint density at radius 3 is 2.38 bits per heavy atom. The van der Waals surface area contributed by atoms with Gasteiger partial charge in [-0.15, -0.1) is 0 Å². The van der Waals surface area contributed by atoms with Gasteiger partial charge < -0.3 is 10.5 Å². The summed E-state index contributed by atoms with van der Waals surface area (Å²) in [5.41, 5.74) is 5.20. The van der Waals surface area contributed by atoms with Crippen molar-refractivity contribution in [1.29, 1.82) is 0 Å². The summed E-state index contributed by atoms with van der Waals surface area (Å²) in [5.74, 6) is -0.846. The number of nitrogens with zero attached hydrogens (tertiary/aromatic N) is 4. The number of ether oxygens (including phenoxy) is 1. The van der Waals surface area contributed by atoms with E-state index in [1.54, 1.807) is 12.1 Å². The number of hydrogen-bond acceptors (Lipinski definition) is 6. The molecule has 29 heavy (non-hydrogen) atoms. The first-order chi connectivity index (χ1) is 13.7. The van der Waals surface area contributed by atoms with Crippen LogP contribution in [0.3, 0.4) is 0 Å². The number of pyridine rings is 1. The average Bonchev–Trinajstić information content (AvgIpc) is 3.08. The Labute approximate surface area is 162 Å². The number of urea groups is 1. The van der Waals surface area contributed by atoms with Crippen molar-refractivity contribution in [3.8, 4) is 0 Å². The van der Waals surface area contributed by atoms with Crippen LogP contribution in [-0.2, 0) is 22.3 Å². The molecule has 8 nitrogen and oxygen atoms in total. The maximum absolute atomic E-state index is 12.8. The Balaban J connectivity index is 2.11. The fourth-order valence-electron chi connectivity index (χ4n) is 2.88. The number of alkyl halides is 3. The van der Waals surface area contributed by atoms with Gasteiger partial charge in [0.1, 0.15) is 6.54 Å². The van der Waals surface area contributed by atoms with E-state index in [-0.39, 0.29) is 17.9 Å². The van der Waals surface area contributed by atoms with E-state index in [1.807, 2.05) is 0 Å². The van der Waals surface area contributed by atoms with E-state index in [0.717, 1.165) is 19.2 Å². The van der Waals surface area contributed by atoms with E-state index in [0.29, 0.717) is 11.1 Å². The molecular weight excluding hydrogens is 391 g/mol. The van der Waals surface area contributed by atoms with Gasteiger partial charge >= 0.3 is 18.2 Å². The van der Waals surface area contributed by atoms with Crippen molar-refractivity contribution >= 4 is 17.7 Å². The zero-order valence-electron chi connectivity index (χ0n) is 15.1. The second-order valence-electron chi connectivity index (χ2n) is 6.08. The molecule has 150 valence electrons. The van der Waals surface area contributed by atoms with Crippen LogP contribution in [0.1, 0.15) is 16.7 Å². The highest BCUT2D eigenvalue weighted by Gasteiger charge is 2.50. The summed E-state index contributed by atoms with van der Waals surface area (Å²) >= 11 is 0. The van der Waals surface area contributed by atoms with Crippen LogP contribution in [0.15, 0.2) is 64.8 Å². The molecule has 1 aliphatic heterocycles. The van der Waals surface area contributed by atoms with Gasteiger partial charge in [0.05, 0.1) is 18.2 Å². The minimum atomic E-state index is -4.50. The van der Waals surface area contributed by atoms with Gasteiger partial charge in [-0.1, -0.05) is 21.8 Å². The van der Waals surface area contributed by atoms with Crippen molar-refractivity contribution in [2.45, 2.75) is 12.7 Å². The standard InChI is InChI=1S/C18H14F3N5O3/c1-29-16(27)14-15(12-3-2-8-23-9-12)26(17(22)28,25-24-14)10-11-4-6-13(7-5-11)18(19,20)21/h2-9H,10H2,1H3,(H-,22,28)/p+1. The molecule has 0 radical (unpaired) electrons. The number of methoxy groups -OCH3 is 1. The molecule has 1 unspecified atom stereocenters. The Morgan fingerprint density at radius 2 is 1.86 bits per heavy atom. The molecular formula is C18H15F3N5O3+. The molecule has 0 fully saturated rings. The van der Waals surface area contributed by atoms with Crippen molar-refractivity contribution < 1.29 is 32.1 Å². The number of rotatable bonds is 4. The number of primary amides is 1. The van der Waals surface area contributed by atoms with Crippen LogP contribution >= 0.6 is 0 Å². The monoisotopic (exact) mass is 406 g/mol. The zero-order chi connectivity index (χ0) is 21.2. The molecule has 2 aromatic rings. The van der Waals surface area contributed by atoms with Crippen LogP contribution in [0.5, 0.6) is 0 Å². The van der Waals surface area contributed by atoms with Gasteiger partial charge in [0.15, 0.2) is 0 Å². The van der Waals surface area contributed by atoms with E-state index >= 15 is 0 Å². The number of quaternary nitrogens is 1. The first-order valence-electron chi connectivity index (χ1n) is 8.20. The Bertz CT molecular complexity index is 1000. The number of aromatic nitrogens is 1. The van der Waals surface area contributed by atoms with E-state index in [2.05, 4.69) is 15.3 Å². The van der Waals surface area contributed by atoms with E-state index < -0.39 is 28.3 Å². The van der Waals surface area contributed by atoms with E-state index in [4.69, 9.17) is 10.5 Å². The lowest BCUT2D eigenvalue weighted by Crippen LogP contribution is -2.48. The largest absolute Gasteiger partial charge is 0.464 e. The third-order valence-corrected chi connectivity index (χ3v) is 4.26.